The molecule has 0 rings (SSSR count). The predicted octanol–water partition coefficient (Wildman–Crippen LogP) is 14.9. The minimum absolute atomic E-state index is 0.139. The first-order chi connectivity index (χ1) is 29.5. The van der Waals surface area contributed by atoms with Crippen LogP contribution in [0.1, 0.15) is 156 Å². The Kier molecular flexibility index (Phi) is 43.3. The minimum atomic E-state index is -0.842. The normalized spacial score (nSPS) is 13.4. The van der Waals surface area contributed by atoms with Crippen LogP contribution in [0.2, 0.25) is 0 Å². The van der Waals surface area contributed by atoms with Gasteiger partial charge in [0.25, 0.3) is 0 Å². The molecule has 1 atom stereocenters. The molecule has 6 nitrogen and oxygen atoms in total. The third kappa shape index (κ3) is 44.4. The molecule has 0 aliphatic heterocycles. The van der Waals surface area contributed by atoms with E-state index in [1.807, 2.05) is 36.5 Å². The summed E-state index contributed by atoms with van der Waals surface area (Å²) in [6, 6.07) is 0. The van der Waals surface area contributed by atoms with Gasteiger partial charge in [0.1, 0.15) is 13.2 Å². The topological polar surface area (TPSA) is 78.9 Å². The SMILES string of the molecule is CC\C=C/C=C\C=C/C=C\CCCCCC(=O)OC(COC(=O)CCC/C=C\C/C=C\C/C=C\C/C=C\C/C=C\CC)COC(=O)CCCC/C=C\C/C=C\C/C=C\CC. The molecule has 0 bridgehead atoms. The molecule has 0 aromatic heterocycles. The number of ether oxygens (including phenoxy) is 3. The highest BCUT2D eigenvalue weighted by Crippen LogP contribution is 2.10. The molecule has 0 spiro atoms. The van der Waals surface area contributed by atoms with Gasteiger partial charge in [-0.2, -0.15) is 0 Å². The van der Waals surface area contributed by atoms with E-state index >= 15 is 0 Å². The molecule has 0 radical (unpaired) electrons. The Bertz CT molecular complexity index is 1410. The fraction of sp³-hybridized carbons (Fsp3) is 0.500. The van der Waals surface area contributed by atoms with Gasteiger partial charge in [-0.25, -0.2) is 0 Å². The molecule has 0 N–H and O–H groups in total. The van der Waals surface area contributed by atoms with Crippen molar-refractivity contribution in [2.45, 2.75) is 162 Å². The summed E-state index contributed by atoms with van der Waals surface area (Å²) in [6.07, 6.45) is 67.0. The van der Waals surface area contributed by atoms with E-state index in [2.05, 4.69) is 130 Å². The van der Waals surface area contributed by atoms with Gasteiger partial charge in [0, 0.05) is 19.3 Å². The van der Waals surface area contributed by atoms with Crippen LogP contribution in [-0.4, -0.2) is 37.2 Å². The lowest BCUT2D eigenvalue weighted by atomic mass is 10.1. The van der Waals surface area contributed by atoms with E-state index in [-0.39, 0.29) is 50.4 Å². The number of hydrogen-bond acceptors (Lipinski definition) is 6. The van der Waals surface area contributed by atoms with Crippen LogP contribution in [-0.2, 0) is 28.6 Å². The average Bonchev–Trinajstić information content (AvgIpc) is 3.24. The molecule has 0 aliphatic carbocycles. The summed E-state index contributed by atoms with van der Waals surface area (Å²) in [7, 11) is 0. The van der Waals surface area contributed by atoms with Gasteiger partial charge in [0.2, 0.25) is 0 Å². The van der Waals surface area contributed by atoms with Crippen LogP contribution >= 0.6 is 0 Å². The summed E-state index contributed by atoms with van der Waals surface area (Å²) >= 11 is 0. The highest BCUT2D eigenvalue weighted by Gasteiger charge is 2.19. The van der Waals surface area contributed by atoms with Gasteiger partial charge in [-0.1, -0.05) is 173 Å². The molecule has 332 valence electrons. The lowest BCUT2D eigenvalue weighted by Crippen LogP contribution is -2.30. The van der Waals surface area contributed by atoms with Gasteiger partial charge >= 0.3 is 17.9 Å². The minimum Gasteiger partial charge on any atom is -0.462 e. The average molecular weight is 825 g/mol. The van der Waals surface area contributed by atoms with Crippen LogP contribution in [0.5, 0.6) is 0 Å². The Balaban J connectivity index is 4.63. The van der Waals surface area contributed by atoms with Gasteiger partial charge < -0.3 is 14.2 Å². The van der Waals surface area contributed by atoms with Crippen LogP contribution in [0.25, 0.3) is 0 Å². The van der Waals surface area contributed by atoms with Crippen LogP contribution < -0.4 is 0 Å². The second-order valence-electron chi connectivity index (χ2n) is 14.3. The van der Waals surface area contributed by atoms with E-state index < -0.39 is 6.10 Å². The van der Waals surface area contributed by atoms with Crippen molar-refractivity contribution in [1.82, 2.24) is 0 Å². The molecule has 0 fully saturated rings. The Morgan fingerprint density at radius 2 is 0.700 bits per heavy atom. The smallest absolute Gasteiger partial charge is 0.306 e. The van der Waals surface area contributed by atoms with Crippen LogP contribution in [0.3, 0.4) is 0 Å². The third-order valence-corrected chi connectivity index (χ3v) is 8.66. The van der Waals surface area contributed by atoms with Gasteiger partial charge in [-0.15, -0.1) is 0 Å². The van der Waals surface area contributed by atoms with Crippen molar-refractivity contribution in [3.05, 3.63) is 146 Å². The molecule has 0 aliphatic rings. The quantitative estimate of drug-likeness (QED) is 0.0203. The molecule has 6 heteroatoms. The zero-order chi connectivity index (χ0) is 43.7. The predicted molar refractivity (Wildman–Crippen MR) is 255 cm³/mol. The Morgan fingerprint density at radius 3 is 1.20 bits per heavy atom. The summed E-state index contributed by atoms with van der Waals surface area (Å²) in [5.74, 6) is -1.09. The van der Waals surface area contributed by atoms with E-state index in [0.29, 0.717) is 19.3 Å². The molecule has 0 amide bonds. The van der Waals surface area contributed by atoms with Gasteiger partial charge in [-0.05, 0) is 109 Å². The molecule has 60 heavy (non-hydrogen) atoms. The molecule has 1 unspecified atom stereocenters. The van der Waals surface area contributed by atoms with E-state index in [1.54, 1.807) is 0 Å². The fourth-order valence-corrected chi connectivity index (χ4v) is 5.32. The number of esters is 3. The number of carbonyl (C=O) groups excluding carboxylic acids is 3. The van der Waals surface area contributed by atoms with Gasteiger partial charge in [0.15, 0.2) is 6.10 Å². The van der Waals surface area contributed by atoms with Crippen LogP contribution in [0.4, 0.5) is 0 Å². The second-order valence-corrected chi connectivity index (χ2v) is 14.3. The van der Waals surface area contributed by atoms with E-state index in [4.69, 9.17) is 14.2 Å². The lowest BCUT2D eigenvalue weighted by molar-refractivity contribution is -0.167. The highest BCUT2D eigenvalue weighted by atomic mass is 16.6. The second kappa shape index (κ2) is 47.0. The monoisotopic (exact) mass is 825 g/mol. The molecule has 0 saturated carbocycles. The van der Waals surface area contributed by atoms with Crippen molar-refractivity contribution in [1.29, 1.82) is 0 Å². The molecule has 0 saturated heterocycles. The first kappa shape index (κ1) is 55.3. The Morgan fingerprint density at radius 1 is 0.350 bits per heavy atom. The number of allylic oxidation sites excluding steroid dienone is 24. The van der Waals surface area contributed by atoms with E-state index in [1.165, 1.54) is 0 Å². The number of unbranched alkanes of at least 4 members (excludes halogenated alkanes) is 6. The van der Waals surface area contributed by atoms with Crippen molar-refractivity contribution in [2.75, 3.05) is 13.2 Å². The molecular formula is C54H80O6. The first-order valence-corrected chi connectivity index (χ1v) is 22.9. The number of hydrogen-bond donors (Lipinski definition) is 0. The van der Waals surface area contributed by atoms with Crippen LogP contribution in [0.15, 0.2) is 146 Å². The highest BCUT2D eigenvalue weighted by molar-refractivity contribution is 5.71. The molecule has 0 aromatic carbocycles. The van der Waals surface area contributed by atoms with Gasteiger partial charge in [-0.3, -0.25) is 14.4 Å². The zero-order valence-corrected chi connectivity index (χ0v) is 37.6. The van der Waals surface area contributed by atoms with Crippen molar-refractivity contribution in [3.63, 3.8) is 0 Å². The van der Waals surface area contributed by atoms with E-state index in [0.717, 1.165) is 96.3 Å². The molecule has 0 aromatic rings. The largest absolute Gasteiger partial charge is 0.462 e. The summed E-state index contributed by atoms with van der Waals surface area (Å²) in [5.41, 5.74) is 0. The standard InChI is InChI=1S/C54H80O6/c1-4-7-10-13-16-19-22-25-26-27-28-30-32-35-38-41-44-47-53(56)59-50-51(49-58-52(55)46-43-40-37-34-31-24-21-18-15-12-9-6-3)60-54(57)48-45-42-39-36-33-29-23-20-17-14-11-8-5-2/h7-12,14,16-21,23,25-26,28-31,33-35,38,51H,4-6,13,15,22,24,27,32,36-37,39-50H2,1-3H3/b10-7-,11-8-,12-9-,17-14-,19-16-,21-18-,23-20-,26-25-,30-28-,33-29-,34-31-,38-35-. The number of carbonyl (C=O) groups is 3. The Labute approximate surface area is 366 Å². The molecular weight excluding hydrogens is 745 g/mol. The number of rotatable bonds is 38. The summed E-state index contributed by atoms with van der Waals surface area (Å²) in [6.45, 7) is 6.10. The van der Waals surface area contributed by atoms with Gasteiger partial charge in [0.05, 0.1) is 0 Å². The third-order valence-electron chi connectivity index (χ3n) is 8.66. The Hall–Kier alpha value is -4.71. The maximum Gasteiger partial charge on any atom is 0.306 e. The lowest BCUT2D eigenvalue weighted by Gasteiger charge is -2.18. The van der Waals surface area contributed by atoms with Crippen molar-refractivity contribution < 1.29 is 28.6 Å². The van der Waals surface area contributed by atoms with Crippen molar-refractivity contribution >= 4 is 17.9 Å². The van der Waals surface area contributed by atoms with Crippen molar-refractivity contribution in [2.24, 2.45) is 0 Å². The fourth-order valence-electron chi connectivity index (χ4n) is 5.32. The summed E-state index contributed by atoms with van der Waals surface area (Å²) in [4.78, 5) is 37.8. The molecule has 0 heterocycles. The zero-order valence-electron chi connectivity index (χ0n) is 37.6. The summed E-state index contributed by atoms with van der Waals surface area (Å²) < 4.78 is 16.6. The van der Waals surface area contributed by atoms with Crippen LogP contribution in [0, 0.1) is 0 Å². The van der Waals surface area contributed by atoms with Crippen molar-refractivity contribution in [3.8, 4) is 0 Å². The maximum atomic E-state index is 12.7. The summed E-state index contributed by atoms with van der Waals surface area (Å²) in [5, 5.41) is 0. The van der Waals surface area contributed by atoms with E-state index in [9.17, 15) is 14.4 Å². The first-order valence-electron chi connectivity index (χ1n) is 22.9. The maximum absolute atomic E-state index is 12.7.